The molecule has 0 aromatic rings. The third-order valence-electron chi connectivity index (χ3n) is 2.06. The molecule has 0 N–H and O–H groups in total. The molecule has 1 aliphatic rings. The van der Waals surface area contributed by atoms with E-state index in [0.29, 0.717) is 0 Å². The second-order valence-corrected chi connectivity index (χ2v) is 2.94. The Labute approximate surface area is 74.4 Å². The summed E-state index contributed by atoms with van der Waals surface area (Å²) in [5.41, 5.74) is 2.71. The summed E-state index contributed by atoms with van der Waals surface area (Å²) >= 11 is 0. The Morgan fingerprint density at radius 1 is 1.25 bits per heavy atom. The number of rotatable bonds is 3. The molecular weight excluding hydrogens is 146 g/mol. The molecule has 1 heteroatoms. The molecule has 0 aliphatic heterocycles. The molecule has 0 radical (unpaired) electrons. The lowest BCUT2D eigenvalue weighted by Gasteiger charge is -2.21. The van der Waals surface area contributed by atoms with Crippen molar-refractivity contribution in [1.82, 2.24) is 4.90 Å². The van der Waals surface area contributed by atoms with Crippen LogP contribution >= 0.6 is 0 Å². The zero-order valence-electron chi connectivity index (χ0n) is 7.59. The smallest absolute Gasteiger partial charge is 0.0223 e. The van der Waals surface area contributed by atoms with Crippen LogP contribution in [0.4, 0.5) is 0 Å². The second kappa shape index (κ2) is 3.96. The highest BCUT2D eigenvalue weighted by Crippen LogP contribution is 2.20. The van der Waals surface area contributed by atoms with E-state index in [4.69, 9.17) is 0 Å². The Kier molecular flexibility index (Phi) is 2.92. The molecule has 0 unspecified atom stereocenters. The number of nitrogens with zero attached hydrogens (tertiary/aromatic N) is 1. The van der Waals surface area contributed by atoms with E-state index < -0.39 is 0 Å². The predicted molar refractivity (Wildman–Crippen MR) is 53.3 cm³/mol. The van der Waals surface area contributed by atoms with Gasteiger partial charge in [-0.15, -0.1) is 0 Å². The molecule has 0 amide bonds. The minimum Gasteiger partial charge on any atom is -0.329 e. The SMILES string of the molecule is C=CN(C=C)C1=CC=C(C)CC1. The lowest BCUT2D eigenvalue weighted by molar-refractivity contribution is 0.586. The van der Waals surface area contributed by atoms with Crippen molar-refractivity contribution in [3.8, 4) is 0 Å². The number of allylic oxidation sites excluding steroid dienone is 4. The van der Waals surface area contributed by atoms with Crippen molar-refractivity contribution in [2.75, 3.05) is 0 Å². The predicted octanol–water partition coefficient (Wildman–Crippen LogP) is 3.20. The Hall–Kier alpha value is -1.24. The van der Waals surface area contributed by atoms with Gasteiger partial charge in [0.25, 0.3) is 0 Å². The molecule has 0 atom stereocenters. The van der Waals surface area contributed by atoms with Gasteiger partial charge in [0, 0.05) is 18.1 Å². The van der Waals surface area contributed by atoms with Crippen molar-refractivity contribution in [2.24, 2.45) is 0 Å². The third kappa shape index (κ3) is 1.88. The molecular formula is C11H15N. The van der Waals surface area contributed by atoms with Gasteiger partial charge in [0.2, 0.25) is 0 Å². The van der Waals surface area contributed by atoms with Gasteiger partial charge in [-0.2, -0.15) is 0 Å². The molecule has 0 spiro atoms. The molecule has 12 heavy (non-hydrogen) atoms. The van der Waals surface area contributed by atoms with Crippen molar-refractivity contribution in [2.45, 2.75) is 19.8 Å². The first-order valence-electron chi connectivity index (χ1n) is 4.17. The average Bonchev–Trinajstić information content (AvgIpc) is 2.10. The molecule has 1 rings (SSSR count). The normalized spacial score (nSPS) is 16.1. The summed E-state index contributed by atoms with van der Waals surface area (Å²) in [5, 5.41) is 0. The minimum atomic E-state index is 1.08. The van der Waals surface area contributed by atoms with E-state index in [0.717, 1.165) is 12.8 Å². The minimum absolute atomic E-state index is 1.08. The van der Waals surface area contributed by atoms with Crippen LogP contribution in [0.15, 0.2) is 49.0 Å². The summed E-state index contributed by atoms with van der Waals surface area (Å²) in [6, 6.07) is 0. The highest BCUT2D eigenvalue weighted by Gasteiger charge is 2.05. The van der Waals surface area contributed by atoms with Crippen LogP contribution in [-0.2, 0) is 0 Å². The number of hydrogen-bond donors (Lipinski definition) is 0. The zero-order chi connectivity index (χ0) is 8.97. The summed E-state index contributed by atoms with van der Waals surface area (Å²) in [5.74, 6) is 0. The Morgan fingerprint density at radius 3 is 2.33 bits per heavy atom. The van der Waals surface area contributed by atoms with Gasteiger partial charge in [-0.05, 0) is 25.8 Å². The van der Waals surface area contributed by atoms with E-state index in [1.807, 2.05) is 4.90 Å². The Bertz CT molecular complexity index is 238. The van der Waals surface area contributed by atoms with Gasteiger partial charge in [-0.3, -0.25) is 0 Å². The van der Waals surface area contributed by atoms with Gasteiger partial charge in [0.1, 0.15) is 0 Å². The molecule has 0 aromatic carbocycles. The van der Waals surface area contributed by atoms with E-state index in [9.17, 15) is 0 Å². The fourth-order valence-corrected chi connectivity index (χ4v) is 1.25. The maximum absolute atomic E-state index is 3.72. The lowest BCUT2D eigenvalue weighted by Crippen LogP contribution is -2.09. The standard InChI is InChI=1S/C11H15N/c1-4-12(5-2)11-8-6-10(3)7-9-11/h4-6,8H,1-2,7,9H2,3H3. The van der Waals surface area contributed by atoms with Gasteiger partial charge < -0.3 is 4.90 Å². The first-order valence-corrected chi connectivity index (χ1v) is 4.17. The summed E-state index contributed by atoms with van der Waals surface area (Å²) in [7, 11) is 0. The monoisotopic (exact) mass is 161 g/mol. The highest BCUT2D eigenvalue weighted by molar-refractivity contribution is 5.24. The molecule has 0 saturated heterocycles. The Morgan fingerprint density at radius 2 is 1.92 bits per heavy atom. The second-order valence-electron chi connectivity index (χ2n) is 2.94. The molecule has 0 aromatic heterocycles. The van der Waals surface area contributed by atoms with Gasteiger partial charge in [0.05, 0.1) is 0 Å². The van der Waals surface area contributed by atoms with Crippen LogP contribution in [0.2, 0.25) is 0 Å². The lowest BCUT2D eigenvalue weighted by atomic mass is 10.0. The summed E-state index contributed by atoms with van der Waals surface area (Å²) in [6.07, 6.45) is 10.1. The van der Waals surface area contributed by atoms with Gasteiger partial charge >= 0.3 is 0 Å². The highest BCUT2D eigenvalue weighted by atomic mass is 15.1. The van der Waals surface area contributed by atoms with E-state index in [1.54, 1.807) is 12.4 Å². The van der Waals surface area contributed by atoms with Crippen LogP contribution < -0.4 is 0 Å². The molecule has 64 valence electrons. The Balaban J connectivity index is 2.75. The van der Waals surface area contributed by atoms with Crippen molar-refractivity contribution in [1.29, 1.82) is 0 Å². The maximum Gasteiger partial charge on any atom is 0.0223 e. The van der Waals surface area contributed by atoms with E-state index in [2.05, 4.69) is 32.2 Å². The molecule has 0 fully saturated rings. The fourth-order valence-electron chi connectivity index (χ4n) is 1.25. The molecule has 1 aliphatic carbocycles. The van der Waals surface area contributed by atoms with Crippen LogP contribution in [0.3, 0.4) is 0 Å². The van der Waals surface area contributed by atoms with Gasteiger partial charge in [0.15, 0.2) is 0 Å². The summed E-state index contributed by atoms with van der Waals surface area (Å²) in [4.78, 5) is 1.96. The topological polar surface area (TPSA) is 3.24 Å². The quantitative estimate of drug-likeness (QED) is 0.614. The largest absolute Gasteiger partial charge is 0.329 e. The van der Waals surface area contributed by atoms with Crippen LogP contribution in [0.5, 0.6) is 0 Å². The van der Waals surface area contributed by atoms with Gasteiger partial charge in [-0.25, -0.2) is 0 Å². The van der Waals surface area contributed by atoms with E-state index >= 15 is 0 Å². The first-order chi connectivity index (χ1) is 5.77. The molecule has 1 nitrogen and oxygen atoms in total. The van der Waals surface area contributed by atoms with Crippen molar-refractivity contribution in [3.05, 3.63) is 49.0 Å². The molecule has 0 heterocycles. The van der Waals surface area contributed by atoms with Crippen molar-refractivity contribution < 1.29 is 0 Å². The van der Waals surface area contributed by atoms with Crippen LogP contribution in [-0.4, -0.2) is 4.90 Å². The molecule has 0 bridgehead atoms. The third-order valence-corrected chi connectivity index (χ3v) is 2.06. The van der Waals surface area contributed by atoms with Gasteiger partial charge in [-0.1, -0.05) is 24.8 Å². The fraction of sp³-hybridized carbons (Fsp3) is 0.273. The van der Waals surface area contributed by atoms with E-state index in [1.165, 1.54) is 11.3 Å². The van der Waals surface area contributed by atoms with Crippen molar-refractivity contribution in [3.63, 3.8) is 0 Å². The summed E-state index contributed by atoms with van der Waals surface area (Å²) < 4.78 is 0. The number of hydrogen-bond acceptors (Lipinski definition) is 1. The molecule has 0 saturated carbocycles. The van der Waals surface area contributed by atoms with Crippen LogP contribution in [0.1, 0.15) is 19.8 Å². The summed E-state index contributed by atoms with van der Waals surface area (Å²) in [6.45, 7) is 9.59. The maximum atomic E-state index is 3.72. The first kappa shape index (κ1) is 8.85. The van der Waals surface area contributed by atoms with Crippen LogP contribution in [0, 0.1) is 0 Å². The van der Waals surface area contributed by atoms with Crippen LogP contribution in [0.25, 0.3) is 0 Å². The average molecular weight is 161 g/mol. The van der Waals surface area contributed by atoms with E-state index in [-0.39, 0.29) is 0 Å². The zero-order valence-corrected chi connectivity index (χ0v) is 7.59. The van der Waals surface area contributed by atoms with Crippen molar-refractivity contribution >= 4 is 0 Å².